The van der Waals surface area contributed by atoms with Crippen LogP contribution in [0.3, 0.4) is 0 Å². The predicted molar refractivity (Wildman–Crippen MR) is 55.8 cm³/mol. The number of nitrogens with one attached hydrogen (secondary N) is 1. The van der Waals surface area contributed by atoms with Crippen LogP contribution in [0.15, 0.2) is 12.2 Å². The van der Waals surface area contributed by atoms with E-state index in [1.54, 1.807) is 0 Å². The van der Waals surface area contributed by atoms with Crippen LogP contribution < -0.4 is 5.32 Å². The molecule has 74 valence electrons. The Morgan fingerprint density at radius 1 is 1.38 bits per heavy atom. The molecule has 0 unspecified atom stereocenters. The van der Waals surface area contributed by atoms with Crippen molar-refractivity contribution in [2.24, 2.45) is 0 Å². The highest BCUT2D eigenvalue weighted by molar-refractivity contribution is 4.96. The third kappa shape index (κ3) is 2.32. The first-order chi connectivity index (χ1) is 6.24. The summed E-state index contributed by atoms with van der Waals surface area (Å²) in [4.78, 5) is 2.54. The van der Waals surface area contributed by atoms with E-state index in [0.717, 1.165) is 18.6 Å². The van der Waals surface area contributed by atoms with E-state index in [1.165, 1.54) is 37.9 Å². The molecule has 0 aromatic heterocycles. The summed E-state index contributed by atoms with van der Waals surface area (Å²) in [5, 5.41) is 3.68. The van der Waals surface area contributed by atoms with Crippen molar-refractivity contribution in [2.45, 2.75) is 38.3 Å². The third-order valence-corrected chi connectivity index (χ3v) is 3.10. The van der Waals surface area contributed by atoms with E-state index < -0.39 is 0 Å². The van der Waals surface area contributed by atoms with Gasteiger partial charge in [-0.3, -0.25) is 4.90 Å². The summed E-state index contributed by atoms with van der Waals surface area (Å²) in [5.41, 5.74) is 1.29. The maximum atomic E-state index is 3.98. The number of rotatable bonds is 2. The summed E-state index contributed by atoms with van der Waals surface area (Å²) < 4.78 is 0. The van der Waals surface area contributed by atoms with Gasteiger partial charge in [0, 0.05) is 31.7 Å². The van der Waals surface area contributed by atoms with Crippen molar-refractivity contribution >= 4 is 0 Å². The fraction of sp³-hybridized carbons (Fsp3) is 0.818. The number of fused-ring (bicyclic) bond motifs is 2. The second-order valence-electron chi connectivity index (χ2n) is 4.62. The van der Waals surface area contributed by atoms with Crippen LogP contribution in [0.4, 0.5) is 0 Å². The second kappa shape index (κ2) is 3.81. The van der Waals surface area contributed by atoms with Crippen molar-refractivity contribution in [3.8, 4) is 0 Å². The minimum atomic E-state index is 0.756. The third-order valence-electron chi connectivity index (χ3n) is 3.10. The van der Waals surface area contributed by atoms with Crippen LogP contribution in [0.1, 0.15) is 26.2 Å². The van der Waals surface area contributed by atoms with E-state index in [0.29, 0.717) is 0 Å². The molecule has 2 heteroatoms. The van der Waals surface area contributed by atoms with Gasteiger partial charge in [0.05, 0.1) is 0 Å². The number of hydrogen-bond acceptors (Lipinski definition) is 2. The van der Waals surface area contributed by atoms with Crippen LogP contribution in [0.25, 0.3) is 0 Å². The molecule has 2 saturated heterocycles. The van der Waals surface area contributed by atoms with Crippen LogP contribution in [-0.2, 0) is 0 Å². The topological polar surface area (TPSA) is 15.3 Å². The van der Waals surface area contributed by atoms with Crippen LogP contribution in [0, 0.1) is 0 Å². The highest BCUT2D eigenvalue weighted by Gasteiger charge is 2.28. The smallest absolute Gasteiger partial charge is 0.0198 e. The molecule has 0 saturated carbocycles. The van der Waals surface area contributed by atoms with E-state index in [-0.39, 0.29) is 0 Å². The maximum Gasteiger partial charge on any atom is 0.0198 e. The molecule has 2 aliphatic heterocycles. The van der Waals surface area contributed by atoms with E-state index in [2.05, 4.69) is 23.7 Å². The molecule has 2 bridgehead atoms. The lowest BCUT2D eigenvalue weighted by Gasteiger charge is -2.23. The van der Waals surface area contributed by atoms with Gasteiger partial charge in [-0.2, -0.15) is 0 Å². The zero-order valence-electron chi connectivity index (χ0n) is 8.55. The van der Waals surface area contributed by atoms with Crippen LogP contribution in [-0.4, -0.2) is 36.6 Å². The monoisotopic (exact) mass is 180 g/mol. The van der Waals surface area contributed by atoms with Gasteiger partial charge in [0.1, 0.15) is 0 Å². The van der Waals surface area contributed by atoms with Crippen molar-refractivity contribution in [3.63, 3.8) is 0 Å². The summed E-state index contributed by atoms with van der Waals surface area (Å²) in [6.07, 6.45) is 4.09. The Labute approximate surface area is 81.0 Å². The van der Waals surface area contributed by atoms with Crippen molar-refractivity contribution < 1.29 is 0 Å². The number of hydrogen-bond donors (Lipinski definition) is 1. The quantitative estimate of drug-likeness (QED) is 0.646. The van der Waals surface area contributed by atoms with Gasteiger partial charge in [0.2, 0.25) is 0 Å². The van der Waals surface area contributed by atoms with Crippen LogP contribution >= 0.6 is 0 Å². The molecule has 2 heterocycles. The molecule has 1 N–H and O–H groups in total. The molecular weight excluding hydrogens is 160 g/mol. The van der Waals surface area contributed by atoms with E-state index >= 15 is 0 Å². The van der Waals surface area contributed by atoms with Gasteiger partial charge in [-0.25, -0.2) is 0 Å². The molecule has 2 aliphatic rings. The normalized spacial score (nSPS) is 34.5. The summed E-state index contributed by atoms with van der Waals surface area (Å²) in [7, 11) is 0. The molecular formula is C11H20N2. The lowest BCUT2D eigenvalue weighted by atomic mass is 10.1. The van der Waals surface area contributed by atoms with E-state index in [4.69, 9.17) is 0 Å². The summed E-state index contributed by atoms with van der Waals surface area (Å²) in [6.45, 7) is 9.67. The molecule has 0 aromatic rings. The Hall–Kier alpha value is -0.340. The average Bonchev–Trinajstić information content (AvgIpc) is 2.36. The van der Waals surface area contributed by atoms with Gasteiger partial charge in [-0.15, -0.1) is 0 Å². The first-order valence-electron chi connectivity index (χ1n) is 5.37. The van der Waals surface area contributed by atoms with Crippen molar-refractivity contribution in [3.05, 3.63) is 12.2 Å². The zero-order valence-corrected chi connectivity index (χ0v) is 8.55. The lowest BCUT2D eigenvalue weighted by molar-refractivity contribution is 0.279. The maximum absolute atomic E-state index is 3.98. The fourth-order valence-corrected chi connectivity index (χ4v) is 2.54. The Kier molecular flexibility index (Phi) is 2.70. The van der Waals surface area contributed by atoms with Gasteiger partial charge in [-0.1, -0.05) is 12.2 Å². The first-order valence-corrected chi connectivity index (χ1v) is 5.37. The summed E-state index contributed by atoms with van der Waals surface area (Å²) in [5.74, 6) is 0. The van der Waals surface area contributed by atoms with E-state index in [9.17, 15) is 0 Å². The second-order valence-corrected chi connectivity index (χ2v) is 4.62. The Bertz CT molecular complexity index is 200. The zero-order chi connectivity index (χ0) is 9.26. The molecule has 0 spiro atoms. The van der Waals surface area contributed by atoms with Crippen molar-refractivity contribution in [1.29, 1.82) is 0 Å². The Morgan fingerprint density at radius 2 is 2.15 bits per heavy atom. The highest BCUT2D eigenvalue weighted by Crippen LogP contribution is 2.20. The van der Waals surface area contributed by atoms with Gasteiger partial charge < -0.3 is 5.32 Å². The molecule has 2 atom stereocenters. The van der Waals surface area contributed by atoms with Crippen LogP contribution in [0.2, 0.25) is 0 Å². The van der Waals surface area contributed by atoms with Crippen molar-refractivity contribution in [2.75, 3.05) is 19.6 Å². The molecule has 2 rings (SSSR count). The van der Waals surface area contributed by atoms with Crippen LogP contribution in [0.5, 0.6) is 0 Å². The van der Waals surface area contributed by atoms with Gasteiger partial charge in [-0.05, 0) is 26.2 Å². The molecule has 0 radical (unpaired) electrons. The standard InChI is InChI=1S/C11H20N2/c1-9(2)7-13-6-5-10-3-4-11(8-13)12-10/h10-12H,1,3-8H2,2H3/t10-,11+/m1/s1. The number of nitrogens with zero attached hydrogens (tertiary/aromatic N) is 1. The minimum Gasteiger partial charge on any atom is -0.310 e. The highest BCUT2D eigenvalue weighted by atomic mass is 15.2. The predicted octanol–water partition coefficient (Wildman–Crippen LogP) is 1.39. The number of likely N-dealkylation sites (tertiary alicyclic amines) is 1. The first kappa shape index (κ1) is 9.22. The lowest BCUT2D eigenvalue weighted by Crippen LogP contribution is -2.35. The molecule has 0 aromatic carbocycles. The average molecular weight is 180 g/mol. The Balaban J connectivity index is 1.89. The largest absolute Gasteiger partial charge is 0.310 e. The van der Waals surface area contributed by atoms with Gasteiger partial charge in [0.15, 0.2) is 0 Å². The SMILES string of the molecule is C=C(C)CN1CC[C@H]2CC[C@@H](C1)N2. The van der Waals surface area contributed by atoms with Crippen molar-refractivity contribution in [1.82, 2.24) is 10.2 Å². The molecule has 0 amide bonds. The summed E-state index contributed by atoms with van der Waals surface area (Å²) in [6, 6.07) is 1.56. The molecule has 2 fully saturated rings. The molecule has 2 nitrogen and oxygen atoms in total. The minimum absolute atomic E-state index is 0.756. The summed E-state index contributed by atoms with van der Waals surface area (Å²) >= 11 is 0. The van der Waals surface area contributed by atoms with Gasteiger partial charge in [0.25, 0.3) is 0 Å². The van der Waals surface area contributed by atoms with E-state index in [1.807, 2.05) is 0 Å². The Morgan fingerprint density at radius 3 is 2.92 bits per heavy atom. The molecule has 0 aliphatic carbocycles. The fourth-order valence-electron chi connectivity index (χ4n) is 2.54. The van der Waals surface area contributed by atoms with Gasteiger partial charge >= 0.3 is 0 Å². The molecule has 13 heavy (non-hydrogen) atoms.